The van der Waals surface area contributed by atoms with Crippen molar-refractivity contribution in [1.82, 2.24) is 0 Å². The zero-order chi connectivity index (χ0) is 22.5. The van der Waals surface area contributed by atoms with Gasteiger partial charge in [0.05, 0.1) is 11.1 Å². The van der Waals surface area contributed by atoms with E-state index in [-0.39, 0.29) is 24.0 Å². The second-order valence-electron chi connectivity index (χ2n) is 6.85. The summed E-state index contributed by atoms with van der Waals surface area (Å²) in [5, 5.41) is 0. The average molecular weight is 496 g/mol. The molecule has 0 spiro atoms. The van der Waals surface area contributed by atoms with Gasteiger partial charge in [0, 0.05) is 11.1 Å². The monoisotopic (exact) mass is 495 g/mol. The van der Waals surface area contributed by atoms with Crippen molar-refractivity contribution in [2.24, 2.45) is 4.99 Å². The lowest BCUT2D eigenvalue weighted by Gasteiger charge is -2.15. The highest BCUT2D eigenvalue weighted by atomic mass is 79.9. The van der Waals surface area contributed by atoms with Crippen molar-refractivity contribution in [1.29, 1.82) is 0 Å². The fourth-order valence-corrected chi connectivity index (χ4v) is 3.69. The number of ether oxygens (including phenoxy) is 3. The lowest BCUT2D eigenvalue weighted by molar-refractivity contribution is -0.129. The Morgan fingerprint density at radius 1 is 1.06 bits per heavy atom. The highest BCUT2D eigenvalue weighted by molar-refractivity contribution is 9.10. The Morgan fingerprint density at radius 2 is 1.81 bits per heavy atom. The van der Waals surface area contributed by atoms with E-state index in [4.69, 9.17) is 14.2 Å². The van der Waals surface area contributed by atoms with E-state index < -0.39 is 5.97 Å². The lowest BCUT2D eigenvalue weighted by atomic mass is 10.1. The molecule has 32 heavy (non-hydrogen) atoms. The van der Waals surface area contributed by atoms with Gasteiger partial charge in [0.1, 0.15) is 12.4 Å². The van der Waals surface area contributed by atoms with E-state index in [1.54, 1.807) is 36.4 Å². The summed E-state index contributed by atoms with van der Waals surface area (Å²) in [7, 11) is 0. The minimum absolute atomic E-state index is 0.0445. The molecule has 5 nitrogen and oxygen atoms in total. The van der Waals surface area contributed by atoms with Crippen LogP contribution >= 0.6 is 15.9 Å². The van der Waals surface area contributed by atoms with E-state index in [0.29, 0.717) is 33.7 Å². The molecule has 7 heteroatoms. The number of hydrogen-bond acceptors (Lipinski definition) is 5. The van der Waals surface area contributed by atoms with Crippen LogP contribution in [0.2, 0.25) is 0 Å². The van der Waals surface area contributed by atoms with Gasteiger partial charge >= 0.3 is 5.97 Å². The molecule has 1 aliphatic rings. The topological polar surface area (TPSA) is 57.1 Å². The molecule has 1 heterocycles. The largest absolute Gasteiger partial charge is 0.490 e. The molecule has 0 amide bonds. The molecule has 0 fully saturated rings. The molecule has 0 bridgehead atoms. The van der Waals surface area contributed by atoms with Crippen LogP contribution in [0.25, 0.3) is 6.08 Å². The van der Waals surface area contributed by atoms with Crippen molar-refractivity contribution < 1.29 is 23.4 Å². The van der Waals surface area contributed by atoms with Gasteiger partial charge in [-0.05, 0) is 64.8 Å². The molecule has 0 atom stereocenters. The highest BCUT2D eigenvalue weighted by Crippen LogP contribution is 2.38. The van der Waals surface area contributed by atoms with Crippen LogP contribution in [-0.2, 0) is 16.1 Å². The fourth-order valence-electron chi connectivity index (χ4n) is 3.11. The van der Waals surface area contributed by atoms with Crippen LogP contribution in [0.5, 0.6) is 11.5 Å². The second-order valence-corrected chi connectivity index (χ2v) is 7.70. The predicted molar refractivity (Wildman–Crippen MR) is 123 cm³/mol. The number of carbonyl (C=O) groups is 1. The van der Waals surface area contributed by atoms with Gasteiger partial charge < -0.3 is 14.2 Å². The van der Waals surface area contributed by atoms with Crippen molar-refractivity contribution in [2.45, 2.75) is 13.5 Å². The van der Waals surface area contributed by atoms with Gasteiger partial charge in [0.2, 0.25) is 5.90 Å². The summed E-state index contributed by atoms with van der Waals surface area (Å²) >= 11 is 3.49. The number of hydrogen-bond donors (Lipinski definition) is 0. The first-order valence-corrected chi connectivity index (χ1v) is 10.7. The smallest absolute Gasteiger partial charge is 0.363 e. The zero-order valence-electron chi connectivity index (χ0n) is 17.2. The highest BCUT2D eigenvalue weighted by Gasteiger charge is 2.24. The minimum Gasteiger partial charge on any atom is -0.490 e. The van der Waals surface area contributed by atoms with Gasteiger partial charge in [-0.2, -0.15) is 0 Å². The van der Waals surface area contributed by atoms with Gasteiger partial charge in [-0.25, -0.2) is 14.2 Å². The van der Waals surface area contributed by atoms with Gasteiger partial charge in [-0.1, -0.05) is 36.4 Å². The van der Waals surface area contributed by atoms with Crippen LogP contribution in [-0.4, -0.2) is 18.5 Å². The van der Waals surface area contributed by atoms with Crippen LogP contribution in [0.3, 0.4) is 0 Å². The van der Waals surface area contributed by atoms with Crippen molar-refractivity contribution in [3.63, 3.8) is 0 Å². The molecular weight excluding hydrogens is 477 g/mol. The van der Waals surface area contributed by atoms with Gasteiger partial charge in [-0.3, -0.25) is 0 Å². The fraction of sp³-hybridized carbons (Fsp3) is 0.120. The van der Waals surface area contributed by atoms with Crippen LogP contribution in [0, 0.1) is 5.82 Å². The molecule has 0 aliphatic carbocycles. The van der Waals surface area contributed by atoms with Crippen molar-refractivity contribution in [3.05, 3.63) is 99.4 Å². The molecule has 0 saturated heterocycles. The van der Waals surface area contributed by atoms with E-state index in [1.807, 2.05) is 37.3 Å². The number of cyclic esters (lactones) is 1. The van der Waals surface area contributed by atoms with Gasteiger partial charge in [-0.15, -0.1) is 0 Å². The molecule has 3 aromatic rings. The standard InChI is InChI=1S/C25H19BrFNO4/c1-2-30-22-14-16(12-19(26)23(22)31-15-18-10-6-7-11-20(18)27)13-21-25(29)32-24(28-21)17-8-4-3-5-9-17/h3-14H,2,15H2,1H3/b21-13-. The number of carbonyl (C=O) groups excluding carboxylic acids is 1. The van der Waals surface area contributed by atoms with E-state index >= 15 is 0 Å². The average Bonchev–Trinajstić information content (AvgIpc) is 3.15. The molecule has 4 rings (SSSR count). The summed E-state index contributed by atoms with van der Waals surface area (Å²) in [6.07, 6.45) is 1.62. The zero-order valence-corrected chi connectivity index (χ0v) is 18.8. The van der Waals surface area contributed by atoms with Crippen LogP contribution in [0.15, 0.2) is 81.9 Å². The molecule has 0 saturated carbocycles. The summed E-state index contributed by atoms with van der Waals surface area (Å²) in [4.78, 5) is 16.6. The number of esters is 1. The van der Waals surface area contributed by atoms with Crippen LogP contribution < -0.4 is 9.47 Å². The molecule has 0 unspecified atom stereocenters. The first kappa shape index (κ1) is 21.8. The van der Waals surface area contributed by atoms with E-state index in [9.17, 15) is 9.18 Å². The molecule has 0 radical (unpaired) electrons. The molecule has 1 aliphatic heterocycles. The SMILES string of the molecule is CCOc1cc(/C=C2\N=C(c3ccccc3)OC2=O)cc(Br)c1OCc1ccccc1F. The number of nitrogens with zero attached hydrogens (tertiary/aromatic N) is 1. The maximum Gasteiger partial charge on any atom is 0.363 e. The molecule has 3 aromatic carbocycles. The Labute approximate surface area is 193 Å². The molecule has 0 N–H and O–H groups in total. The second kappa shape index (κ2) is 9.78. The quantitative estimate of drug-likeness (QED) is 0.302. The lowest BCUT2D eigenvalue weighted by Crippen LogP contribution is -2.05. The Kier molecular flexibility index (Phi) is 6.66. The van der Waals surface area contributed by atoms with Crippen LogP contribution in [0.4, 0.5) is 4.39 Å². The molecule has 162 valence electrons. The number of aliphatic imine (C=N–C) groups is 1. The Bertz CT molecular complexity index is 1210. The molecular formula is C25H19BrFNO4. The summed E-state index contributed by atoms with van der Waals surface area (Å²) in [5.74, 6) is 0.298. The summed E-state index contributed by atoms with van der Waals surface area (Å²) < 4.78 is 31.4. The summed E-state index contributed by atoms with van der Waals surface area (Å²) in [6.45, 7) is 2.30. The van der Waals surface area contributed by atoms with Gasteiger partial charge in [0.25, 0.3) is 0 Å². The Morgan fingerprint density at radius 3 is 2.56 bits per heavy atom. The Hall–Kier alpha value is -3.45. The maximum absolute atomic E-state index is 13.9. The first-order chi connectivity index (χ1) is 15.5. The third kappa shape index (κ3) is 4.89. The van der Waals surface area contributed by atoms with E-state index in [1.165, 1.54) is 6.07 Å². The van der Waals surface area contributed by atoms with E-state index in [2.05, 4.69) is 20.9 Å². The maximum atomic E-state index is 13.9. The third-order valence-corrected chi connectivity index (χ3v) is 5.20. The van der Waals surface area contributed by atoms with Crippen LogP contribution in [0.1, 0.15) is 23.6 Å². The predicted octanol–water partition coefficient (Wildman–Crippen LogP) is 5.91. The number of halogens is 2. The summed E-state index contributed by atoms with van der Waals surface area (Å²) in [5.41, 5.74) is 2.00. The Balaban J connectivity index is 1.62. The summed E-state index contributed by atoms with van der Waals surface area (Å²) in [6, 6.07) is 19.1. The third-order valence-electron chi connectivity index (χ3n) is 4.61. The van der Waals surface area contributed by atoms with Crippen molar-refractivity contribution in [3.8, 4) is 11.5 Å². The first-order valence-electron chi connectivity index (χ1n) is 9.95. The number of benzene rings is 3. The molecule has 0 aromatic heterocycles. The van der Waals surface area contributed by atoms with E-state index in [0.717, 1.165) is 5.56 Å². The minimum atomic E-state index is -0.530. The van der Waals surface area contributed by atoms with Crippen molar-refractivity contribution in [2.75, 3.05) is 6.61 Å². The van der Waals surface area contributed by atoms with Gasteiger partial charge in [0.15, 0.2) is 17.2 Å². The normalized spacial score (nSPS) is 14.3. The van der Waals surface area contributed by atoms with Crippen molar-refractivity contribution >= 4 is 33.9 Å². The number of rotatable bonds is 7.